The van der Waals surface area contributed by atoms with Crippen LogP contribution in [-0.4, -0.2) is 32.1 Å². The van der Waals surface area contributed by atoms with Gasteiger partial charge in [-0.15, -0.1) is 0 Å². The van der Waals surface area contributed by atoms with Crippen LogP contribution in [0.15, 0.2) is 0 Å². The summed E-state index contributed by atoms with van der Waals surface area (Å²) in [5, 5.41) is 0. The minimum absolute atomic E-state index is 0.607. The van der Waals surface area contributed by atoms with Crippen molar-refractivity contribution in [1.82, 2.24) is 4.57 Å². The van der Waals surface area contributed by atoms with Crippen molar-refractivity contribution in [2.24, 2.45) is 0 Å². The van der Waals surface area contributed by atoms with E-state index in [1.807, 2.05) is 0 Å². The highest BCUT2D eigenvalue weighted by molar-refractivity contribution is 9.25. The highest BCUT2D eigenvalue weighted by Crippen LogP contribution is 2.27. The van der Waals surface area contributed by atoms with Gasteiger partial charge in [0.05, 0.1) is 0 Å². The van der Waals surface area contributed by atoms with Gasteiger partial charge in [-0.05, 0) is 39.0 Å². The van der Waals surface area contributed by atoms with E-state index in [2.05, 4.69) is 73.7 Å². The molecule has 0 aromatic rings. The molecular formula is C12H30BrNOSi2. The van der Waals surface area contributed by atoms with E-state index < -0.39 is 15.4 Å². The van der Waals surface area contributed by atoms with Gasteiger partial charge in [-0.25, -0.2) is 0 Å². The quantitative estimate of drug-likeness (QED) is 0.492. The Labute approximate surface area is 118 Å². The van der Waals surface area contributed by atoms with Gasteiger partial charge in [-0.3, -0.25) is 4.57 Å². The molecule has 0 N–H and O–H groups in total. The molecule has 5 heteroatoms. The number of hydrogen-bond donors (Lipinski definition) is 0. The number of halogens is 1. The van der Waals surface area contributed by atoms with Crippen molar-refractivity contribution in [3.05, 3.63) is 0 Å². The monoisotopic (exact) mass is 339 g/mol. The molecule has 0 rings (SSSR count). The molecule has 0 saturated carbocycles. The van der Waals surface area contributed by atoms with Crippen LogP contribution in [0.4, 0.5) is 0 Å². The van der Waals surface area contributed by atoms with Crippen LogP contribution < -0.4 is 0 Å². The lowest BCUT2D eigenvalue weighted by molar-refractivity contribution is 0.221. The summed E-state index contributed by atoms with van der Waals surface area (Å²) >= 11 is 3.75. The molecule has 0 amide bonds. The van der Waals surface area contributed by atoms with Crippen LogP contribution in [0.1, 0.15) is 40.5 Å². The van der Waals surface area contributed by atoms with E-state index in [4.69, 9.17) is 4.12 Å². The maximum atomic E-state index is 6.45. The molecule has 0 fully saturated rings. The molecule has 2 nitrogen and oxygen atoms in total. The third-order valence-electron chi connectivity index (χ3n) is 3.25. The predicted octanol–water partition coefficient (Wildman–Crippen LogP) is 4.70. The van der Waals surface area contributed by atoms with Crippen molar-refractivity contribution in [2.75, 3.05) is 0 Å². The normalized spacial score (nSPS) is 17.3. The van der Waals surface area contributed by atoms with Crippen LogP contribution in [0.3, 0.4) is 0 Å². The van der Waals surface area contributed by atoms with Crippen LogP contribution in [0, 0.1) is 0 Å². The lowest BCUT2D eigenvalue weighted by Gasteiger charge is -2.46. The average Bonchev–Trinajstić information content (AvgIpc) is 2.12. The first kappa shape index (κ1) is 17.8. The minimum Gasteiger partial charge on any atom is -0.436 e. The Hall–Kier alpha value is 0.834. The standard InChI is InChI=1S/C12H30BrNOSi2/c1-9-11(3)14(12(4)10-2)17(7,8)15-16(5,6)13/h11-12H,9-10H2,1-8H3. The highest BCUT2D eigenvalue weighted by Gasteiger charge is 2.40. The van der Waals surface area contributed by atoms with E-state index in [0.29, 0.717) is 12.1 Å². The van der Waals surface area contributed by atoms with Gasteiger partial charge in [0.15, 0.2) is 0 Å². The number of hydrogen-bond acceptors (Lipinski definition) is 2. The van der Waals surface area contributed by atoms with Gasteiger partial charge in [0.2, 0.25) is 6.94 Å². The maximum Gasteiger partial charge on any atom is 0.255 e. The summed E-state index contributed by atoms with van der Waals surface area (Å²) < 4.78 is 9.11. The van der Waals surface area contributed by atoms with Gasteiger partial charge >= 0.3 is 0 Å². The second kappa shape index (κ2) is 6.84. The number of rotatable bonds is 7. The van der Waals surface area contributed by atoms with Gasteiger partial charge < -0.3 is 4.12 Å². The molecule has 0 aliphatic carbocycles. The second-order valence-corrected chi connectivity index (χ2v) is 18.5. The summed E-state index contributed by atoms with van der Waals surface area (Å²) in [6, 6.07) is 1.21. The van der Waals surface area contributed by atoms with Gasteiger partial charge in [0.25, 0.3) is 8.48 Å². The minimum atomic E-state index is -1.79. The first-order valence-corrected chi connectivity index (χ1v) is 14.7. The number of nitrogens with zero attached hydrogens (tertiary/aromatic N) is 1. The maximum absolute atomic E-state index is 6.45. The Balaban J connectivity index is 5.01. The van der Waals surface area contributed by atoms with Crippen LogP contribution in [0.25, 0.3) is 0 Å². The smallest absolute Gasteiger partial charge is 0.255 e. The molecule has 0 aromatic carbocycles. The fourth-order valence-corrected chi connectivity index (χ4v) is 13.8. The lowest BCUT2D eigenvalue weighted by Crippen LogP contribution is -2.61. The zero-order valence-electron chi connectivity index (χ0n) is 12.8. The van der Waals surface area contributed by atoms with Crippen LogP contribution in [0.5, 0.6) is 0 Å². The fourth-order valence-electron chi connectivity index (χ4n) is 2.54. The summed E-state index contributed by atoms with van der Waals surface area (Å²) in [4.78, 5) is 0. The predicted molar refractivity (Wildman–Crippen MR) is 86.3 cm³/mol. The van der Waals surface area contributed by atoms with E-state index in [1.165, 1.54) is 12.8 Å². The molecule has 0 aromatic heterocycles. The summed E-state index contributed by atoms with van der Waals surface area (Å²) in [5.41, 5.74) is 0. The molecule has 17 heavy (non-hydrogen) atoms. The summed E-state index contributed by atoms with van der Waals surface area (Å²) in [6.07, 6.45) is 2.38. The van der Waals surface area contributed by atoms with Crippen molar-refractivity contribution >= 4 is 30.7 Å². The van der Waals surface area contributed by atoms with Crippen LogP contribution in [-0.2, 0) is 4.12 Å². The Kier molecular flexibility index (Phi) is 7.18. The zero-order chi connectivity index (χ0) is 13.9. The Bertz CT molecular complexity index is 221. The highest BCUT2D eigenvalue weighted by atomic mass is 79.9. The molecule has 2 unspecified atom stereocenters. The molecular weight excluding hydrogens is 310 g/mol. The van der Waals surface area contributed by atoms with E-state index in [1.54, 1.807) is 0 Å². The zero-order valence-corrected chi connectivity index (χ0v) is 16.4. The molecule has 0 bridgehead atoms. The first-order valence-electron chi connectivity index (χ1n) is 6.72. The van der Waals surface area contributed by atoms with Gasteiger partial charge in [0, 0.05) is 12.1 Å². The Morgan fingerprint density at radius 1 is 1.00 bits per heavy atom. The molecule has 0 aliphatic heterocycles. The topological polar surface area (TPSA) is 12.5 Å². The molecule has 0 spiro atoms. The van der Waals surface area contributed by atoms with Gasteiger partial charge in [-0.1, -0.05) is 43.0 Å². The first-order chi connectivity index (χ1) is 7.55. The van der Waals surface area contributed by atoms with E-state index in [-0.39, 0.29) is 0 Å². The molecule has 0 aliphatic rings. The Morgan fingerprint density at radius 2 is 1.35 bits per heavy atom. The average molecular weight is 340 g/mol. The van der Waals surface area contributed by atoms with Crippen molar-refractivity contribution in [1.29, 1.82) is 0 Å². The van der Waals surface area contributed by atoms with Crippen LogP contribution in [0.2, 0.25) is 26.2 Å². The molecule has 0 saturated heterocycles. The molecule has 2 atom stereocenters. The van der Waals surface area contributed by atoms with E-state index in [9.17, 15) is 0 Å². The van der Waals surface area contributed by atoms with Crippen molar-refractivity contribution in [3.8, 4) is 0 Å². The van der Waals surface area contributed by atoms with Crippen molar-refractivity contribution < 1.29 is 4.12 Å². The van der Waals surface area contributed by atoms with Gasteiger partial charge in [0.1, 0.15) is 0 Å². The lowest BCUT2D eigenvalue weighted by atomic mass is 10.2. The third-order valence-corrected chi connectivity index (χ3v) is 10.8. The van der Waals surface area contributed by atoms with E-state index >= 15 is 0 Å². The van der Waals surface area contributed by atoms with Crippen molar-refractivity contribution in [2.45, 2.75) is 78.8 Å². The summed E-state index contributed by atoms with van der Waals surface area (Å²) in [5.74, 6) is 0. The molecule has 0 radical (unpaired) electrons. The second-order valence-electron chi connectivity index (χ2n) is 5.83. The summed E-state index contributed by atoms with van der Waals surface area (Å²) in [7, 11) is -1.79. The third kappa shape index (κ3) is 6.01. The fraction of sp³-hybridized carbons (Fsp3) is 1.00. The van der Waals surface area contributed by atoms with Gasteiger partial charge in [-0.2, -0.15) is 0 Å². The largest absolute Gasteiger partial charge is 0.436 e. The van der Waals surface area contributed by atoms with Crippen molar-refractivity contribution in [3.63, 3.8) is 0 Å². The SMILES string of the molecule is CCC(C)N(C(C)CC)[Si](C)(C)O[Si](C)(C)Br. The Morgan fingerprint density at radius 3 is 1.59 bits per heavy atom. The summed E-state index contributed by atoms with van der Waals surface area (Å²) in [6.45, 7) is 16.6. The van der Waals surface area contributed by atoms with Crippen LogP contribution >= 0.6 is 15.3 Å². The molecule has 104 valence electrons. The van der Waals surface area contributed by atoms with E-state index in [0.717, 1.165) is 0 Å². The molecule has 0 heterocycles.